The average Bonchev–Trinajstić information content (AvgIpc) is 3.29. The van der Waals surface area contributed by atoms with E-state index in [1.54, 1.807) is 0 Å². The summed E-state index contributed by atoms with van der Waals surface area (Å²) in [7, 11) is 0. The first-order valence-corrected chi connectivity index (χ1v) is 7.68. The van der Waals surface area contributed by atoms with Gasteiger partial charge in [-0.05, 0) is 50.2 Å². The Labute approximate surface area is 121 Å². The molecule has 0 spiro atoms. The van der Waals surface area contributed by atoms with Gasteiger partial charge in [0.05, 0.1) is 6.61 Å². The van der Waals surface area contributed by atoms with E-state index in [0.717, 1.165) is 12.0 Å². The van der Waals surface area contributed by atoms with Gasteiger partial charge in [-0.25, -0.2) is 4.79 Å². The van der Waals surface area contributed by atoms with E-state index in [1.807, 2.05) is 19.1 Å². The second kappa shape index (κ2) is 6.89. The zero-order valence-electron chi connectivity index (χ0n) is 12.7. The van der Waals surface area contributed by atoms with Crippen LogP contribution in [0.2, 0.25) is 0 Å². The number of nitrogens with one attached hydrogen (secondary N) is 1. The number of hydrogen-bond acceptors (Lipinski definition) is 3. The molecule has 1 N–H and O–H groups in total. The molecule has 0 heterocycles. The average molecular weight is 275 g/mol. The highest BCUT2D eigenvalue weighted by atomic mass is 16.5. The summed E-state index contributed by atoms with van der Waals surface area (Å²) in [6, 6.07) is 8.31. The van der Waals surface area contributed by atoms with Crippen LogP contribution in [0, 0.1) is 0 Å². The minimum absolute atomic E-state index is 0.180. The van der Waals surface area contributed by atoms with Crippen molar-refractivity contribution < 1.29 is 9.53 Å². The van der Waals surface area contributed by atoms with E-state index < -0.39 is 0 Å². The lowest BCUT2D eigenvalue weighted by Crippen LogP contribution is -2.36. The van der Waals surface area contributed by atoms with Crippen LogP contribution in [0.25, 0.3) is 0 Å². The molecule has 2 atom stereocenters. The normalized spacial score (nSPS) is 17.6. The molecule has 1 aromatic rings. The van der Waals surface area contributed by atoms with Crippen molar-refractivity contribution >= 4 is 5.97 Å². The maximum atomic E-state index is 12.2. The Morgan fingerprint density at radius 3 is 2.75 bits per heavy atom. The van der Waals surface area contributed by atoms with Crippen molar-refractivity contribution in [2.45, 2.75) is 58.0 Å². The largest absolute Gasteiger partial charge is 0.465 e. The number of benzene rings is 1. The van der Waals surface area contributed by atoms with Crippen molar-refractivity contribution in [3.05, 3.63) is 35.4 Å². The highest BCUT2D eigenvalue weighted by molar-refractivity contribution is 5.77. The van der Waals surface area contributed by atoms with Gasteiger partial charge in [0.25, 0.3) is 0 Å². The summed E-state index contributed by atoms with van der Waals surface area (Å²) >= 11 is 0. The zero-order valence-corrected chi connectivity index (χ0v) is 12.7. The molecule has 1 saturated carbocycles. The van der Waals surface area contributed by atoms with Crippen LogP contribution >= 0.6 is 0 Å². The fourth-order valence-electron chi connectivity index (χ4n) is 2.34. The fraction of sp³-hybridized carbons (Fsp3) is 0.588. The third-order valence-electron chi connectivity index (χ3n) is 3.88. The van der Waals surface area contributed by atoms with Crippen LogP contribution in [-0.4, -0.2) is 18.6 Å². The van der Waals surface area contributed by atoms with Gasteiger partial charge in [0, 0.05) is 6.04 Å². The van der Waals surface area contributed by atoms with Crippen molar-refractivity contribution in [2.24, 2.45) is 0 Å². The molecule has 2 rings (SSSR count). The van der Waals surface area contributed by atoms with E-state index in [0.29, 0.717) is 12.5 Å². The predicted octanol–water partition coefficient (Wildman–Crippen LogP) is 3.56. The van der Waals surface area contributed by atoms with Gasteiger partial charge in [-0.3, -0.25) is 5.32 Å². The second-order valence-corrected chi connectivity index (χ2v) is 5.61. The van der Waals surface area contributed by atoms with Crippen LogP contribution in [0.1, 0.15) is 63.1 Å². The summed E-state index contributed by atoms with van der Waals surface area (Å²) in [5, 5.41) is 3.38. The Morgan fingerprint density at radius 1 is 1.40 bits per heavy atom. The molecule has 0 bridgehead atoms. The van der Waals surface area contributed by atoms with Crippen LogP contribution in [0.4, 0.5) is 0 Å². The van der Waals surface area contributed by atoms with E-state index in [-0.39, 0.29) is 18.1 Å². The fourth-order valence-corrected chi connectivity index (χ4v) is 2.34. The maximum absolute atomic E-state index is 12.2. The molecule has 1 aliphatic rings. The Bertz CT molecular complexity index is 454. The zero-order chi connectivity index (χ0) is 14.5. The smallest absolute Gasteiger partial charge is 0.327 e. The summed E-state index contributed by atoms with van der Waals surface area (Å²) in [4.78, 5) is 12.2. The van der Waals surface area contributed by atoms with E-state index in [1.165, 1.54) is 18.4 Å². The molecule has 1 aromatic carbocycles. The van der Waals surface area contributed by atoms with Gasteiger partial charge in [-0.1, -0.05) is 31.2 Å². The van der Waals surface area contributed by atoms with Crippen LogP contribution in [0.5, 0.6) is 0 Å². The quantitative estimate of drug-likeness (QED) is 0.773. The van der Waals surface area contributed by atoms with Gasteiger partial charge >= 0.3 is 5.97 Å². The SMILES string of the molecule is CCOC(=O)C(NC(C)CC)c1cccc(C2CC2)c1. The number of esters is 1. The first-order chi connectivity index (χ1) is 9.65. The van der Waals surface area contributed by atoms with E-state index in [4.69, 9.17) is 4.74 Å². The van der Waals surface area contributed by atoms with E-state index in [2.05, 4.69) is 31.3 Å². The van der Waals surface area contributed by atoms with Crippen molar-refractivity contribution in [1.82, 2.24) is 5.32 Å². The van der Waals surface area contributed by atoms with Crippen molar-refractivity contribution in [2.75, 3.05) is 6.61 Å². The molecule has 3 heteroatoms. The Morgan fingerprint density at radius 2 is 2.15 bits per heavy atom. The summed E-state index contributed by atoms with van der Waals surface area (Å²) in [5.74, 6) is 0.516. The third-order valence-corrected chi connectivity index (χ3v) is 3.88. The van der Waals surface area contributed by atoms with Crippen molar-refractivity contribution in [1.29, 1.82) is 0 Å². The number of carbonyl (C=O) groups is 1. The molecule has 1 aliphatic carbocycles. The molecule has 0 radical (unpaired) electrons. The van der Waals surface area contributed by atoms with Crippen LogP contribution in [0.15, 0.2) is 24.3 Å². The number of hydrogen-bond donors (Lipinski definition) is 1. The Balaban J connectivity index is 2.19. The van der Waals surface area contributed by atoms with Crippen molar-refractivity contribution in [3.8, 4) is 0 Å². The second-order valence-electron chi connectivity index (χ2n) is 5.61. The van der Waals surface area contributed by atoms with Crippen LogP contribution in [-0.2, 0) is 9.53 Å². The van der Waals surface area contributed by atoms with E-state index in [9.17, 15) is 4.79 Å². The molecular weight excluding hydrogens is 250 g/mol. The molecule has 110 valence electrons. The molecule has 0 aliphatic heterocycles. The minimum atomic E-state index is -0.358. The first kappa shape index (κ1) is 15.0. The standard InChI is InChI=1S/C17H25NO2/c1-4-12(3)18-16(17(19)20-5-2)15-8-6-7-14(11-15)13-9-10-13/h6-8,11-13,16,18H,4-5,9-10H2,1-3H3. The molecule has 0 aromatic heterocycles. The summed E-state index contributed by atoms with van der Waals surface area (Å²) in [5.41, 5.74) is 2.37. The van der Waals surface area contributed by atoms with Gasteiger partial charge in [0.2, 0.25) is 0 Å². The highest BCUT2D eigenvalue weighted by Crippen LogP contribution is 2.40. The van der Waals surface area contributed by atoms with E-state index >= 15 is 0 Å². The molecule has 20 heavy (non-hydrogen) atoms. The predicted molar refractivity (Wildman–Crippen MR) is 80.7 cm³/mol. The summed E-state index contributed by atoms with van der Waals surface area (Å²) < 4.78 is 5.22. The van der Waals surface area contributed by atoms with Gasteiger partial charge in [0.15, 0.2) is 0 Å². The van der Waals surface area contributed by atoms with Crippen LogP contribution < -0.4 is 5.32 Å². The Hall–Kier alpha value is -1.35. The molecule has 0 saturated heterocycles. The van der Waals surface area contributed by atoms with Gasteiger partial charge < -0.3 is 4.74 Å². The number of carbonyl (C=O) groups excluding carboxylic acids is 1. The molecule has 1 fully saturated rings. The molecule has 2 unspecified atom stereocenters. The molecule has 0 amide bonds. The lowest BCUT2D eigenvalue weighted by atomic mass is 10.0. The van der Waals surface area contributed by atoms with Gasteiger partial charge in [-0.15, -0.1) is 0 Å². The van der Waals surface area contributed by atoms with Gasteiger partial charge in [0.1, 0.15) is 6.04 Å². The lowest BCUT2D eigenvalue weighted by Gasteiger charge is -2.22. The summed E-state index contributed by atoms with van der Waals surface area (Å²) in [6.45, 7) is 6.47. The summed E-state index contributed by atoms with van der Waals surface area (Å²) in [6.07, 6.45) is 3.52. The molecular formula is C17H25NO2. The molecule has 3 nitrogen and oxygen atoms in total. The minimum Gasteiger partial charge on any atom is -0.465 e. The Kier molecular flexibility index (Phi) is 5.18. The van der Waals surface area contributed by atoms with Crippen LogP contribution in [0.3, 0.4) is 0 Å². The number of rotatable bonds is 7. The van der Waals surface area contributed by atoms with Gasteiger partial charge in [-0.2, -0.15) is 0 Å². The first-order valence-electron chi connectivity index (χ1n) is 7.68. The number of ether oxygens (including phenoxy) is 1. The lowest BCUT2D eigenvalue weighted by molar-refractivity contribution is -0.146. The highest BCUT2D eigenvalue weighted by Gasteiger charge is 2.27. The monoisotopic (exact) mass is 275 g/mol. The topological polar surface area (TPSA) is 38.3 Å². The third kappa shape index (κ3) is 3.83. The van der Waals surface area contributed by atoms with Crippen molar-refractivity contribution in [3.63, 3.8) is 0 Å². The maximum Gasteiger partial charge on any atom is 0.327 e.